The van der Waals surface area contributed by atoms with Crippen molar-refractivity contribution >= 4 is 43.6 Å². The van der Waals surface area contributed by atoms with E-state index in [1.807, 2.05) is 204 Å². The summed E-state index contributed by atoms with van der Waals surface area (Å²) in [4.78, 5) is 19.6. The Hall–Kier alpha value is -12.3. The maximum atomic E-state index is 16.0. The summed E-state index contributed by atoms with van der Waals surface area (Å²) in [6, 6.07) is 92.8. The first-order chi connectivity index (χ1) is 45.2. The molecule has 16 rings (SSSR count). The summed E-state index contributed by atoms with van der Waals surface area (Å²) in [6.07, 6.45) is 2.65. The van der Waals surface area contributed by atoms with E-state index in [0.717, 1.165) is 128 Å². The number of nitriles is 1. The van der Waals surface area contributed by atoms with E-state index in [4.69, 9.17) is 19.9 Å². The maximum absolute atomic E-state index is 16.0. The Morgan fingerprint density at radius 3 is 0.891 bits per heavy atom. The van der Waals surface area contributed by atoms with Crippen LogP contribution in [0.1, 0.15) is 11.1 Å². The molecule has 0 unspecified atom stereocenters. The fourth-order valence-electron chi connectivity index (χ4n) is 12.9. The molecule has 10 aromatic carbocycles. The molecule has 92 heavy (non-hydrogen) atoms. The van der Waals surface area contributed by atoms with Gasteiger partial charge in [-0.2, -0.15) is 18.4 Å². The average molecular weight is 1190 g/mol. The third-order valence-electron chi connectivity index (χ3n) is 17.4. The number of halogens is 3. The zero-order chi connectivity index (χ0) is 61.9. The van der Waals surface area contributed by atoms with Gasteiger partial charge < -0.3 is 9.13 Å². The van der Waals surface area contributed by atoms with E-state index in [1.54, 1.807) is 18.2 Å². The number of fused-ring (bicyclic) bond motifs is 6. The first-order valence-corrected chi connectivity index (χ1v) is 30.2. The molecule has 0 aliphatic rings. The van der Waals surface area contributed by atoms with Crippen LogP contribution in [0.4, 0.5) is 13.2 Å². The lowest BCUT2D eigenvalue weighted by Gasteiger charge is -2.21. The highest BCUT2D eigenvalue weighted by atomic mass is 19.4. The van der Waals surface area contributed by atoms with Crippen molar-refractivity contribution in [3.63, 3.8) is 0 Å². The molecule has 0 fully saturated rings. The predicted molar refractivity (Wildman–Crippen MR) is 365 cm³/mol. The molecule has 6 heterocycles. The summed E-state index contributed by atoms with van der Waals surface area (Å²) >= 11 is 0. The second kappa shape index (κ2) is 22.7. The Balaban J connectivity index is 0.954. The lowest BCUT2D eigenvalue weighted by molar-refractivity contribution is -0.137. The first kappa shape index (κ1) is 55.0. The minimum atomic E-state index is -4.77. The van der Waals surface area contributed by atoms with Crippen LogP contribution in [-0.2, 0) is 6.18 Å². The van der Waals surface area contributed by atoms with Crippen LogP contribution >= 0.6 is 0 Å². The predicted octanol–water partition coefficient (Wildman–Crippen LogP) is 21.4. The normalized spacial score (nSPS) is 11.6. The van der Waals surface area contributed by atoms with Gasteiger partial charge in [-0.15, -0.1) is 0 Å². The fourth-order valence-corrected chi connectivity index (χ4v) is 12.9. The van der Waals surface area contributed by atoms with Crippen LogP contribution in [0.25, 0.3) is 156 Å². The van der Waals surface area contributed by atoms with Crippen molar-refractivity contribution in [2.24, 2.45) is 0 Å². The molecule has 0 radical (unpaired) electrons. The number of aromatic nitrogens is 6. The molecule has 0 N–H and O–H groups in total. The van der Waals surface area contributed by atoms with Gasteiger partial charge in [0, 0.05) is 96.4 Å². The Kier molecular flexibility index (Phi) is 13.6. The summed E-state index contributed by atoms with van der Waals surface area (Å²) in [5.74, 6) is 0. The molecule has 0 atom stereocenters. The first-order valence-electron chi connectivity index (χ1n) is 30.2. The highest BCUT2D eigenvalue weighted by Gasteiger charge is 2.35. The molecule has 0 amide bonds. The number of pyridine rings is 4. The van der Waals surface area contributed by atoms with Crippen molar-refractivity contribution in [2.45, 2.75) is 6.18 Å². The van der Waals surface area contributed by atoms with Crippen molar-refractivity contribution in [3.05, 3.63) is 315 Å². The second-order valence-electron chi connectivity index (χ2n) is 22.8. The van der Waals surface area contributed by atoms with Crippen LogP contribution in [0.15, 0.2) is 304 Å². The third-order valence-corrected chi connectivity index (χ3v) is 17.4. The minimum absolute atomic E-state index is 0.0549. The molecule has 10 heteroatoms. The molecule has 7 nitrogen and oxygen atoms in total. The van der Waals surface area contributed by atoms with Crippen molar-refractivity contribution in [1.82, 2.24) is 29.1 Å². The number of alkyl halides is 3. The average Bonchev–Trinajstić information content (AvgIpc) is 1.54. The van der Waals surface area contributed by atoms with Gasteiger partial charge in [-0.25, -0.2) is 0 Å². The van der Waals surface area contributed by atoms with Crippen molar-refractivity contribution in [1.29, 1.82) is 5.26 Å². The molecule has 0 aliphatic carbocycles. The van der Waals surface area contributed by atoms with Crippen LogP contribution in [-0.4, -0.2) is 29.1 Å². The Morgan fingerprint density at radius 1 is 0.283 bits per heavy atom. The number of benzene rings is 10. The Bertz CT molecular complexity index is 5230. The van der Waals surface area contributed by atoms with E-state index < -0.39 is 11.7 Å². The van der Waals surface area contributed by atoms with E-state index in [9.17, 15) is 5.26 Å². The Labute approximate surface area is 527 Å². The van der Waals surface area contributed by atoms with Gasteiger partial charge in [-0.05, 0) is 94.5 Å². The van der Waals surface area contributed by atoms with Crippen molar-refractivity contribution in [3.8, 4) is 118 Å². The van der Waals surface area contributed by atoms with Crippen LogP contribution in [0, 0.1) is 11.3 Å². The highest BCUT2D eigenvalue weighted by Crippen LogP contribution is 2.47. The molecule has 0 aliphatic heterocycles. The molecule has 0 bridgehead atoms. The van der Waals surface area contributed by atoms with Crippen LogP contribution in [0.5, 0.6) is 0 Å². The fraction of sp³-hybridized carbons (Fsp3) is 0.0122. The quantitative estimate of drug-likeness (QED) is 0.129. The summed E-state index contributed by atoms with van der Waals surface area (Å²) in [5, 5.41) is 15.4. The smallest absolute Gasteiger partial charge is 0.309 e. The monoisotopic (exact) mass is 1190 g/mol. The van der Waals surface area contributed by atoms with E-state index in [1.165, 1.54) is 12.1 Å². The van der Waals surface area contributed by atoms with Crippen LogP contribution < -0.4 is 0 Å². The molecule has 6 aromatic heterocycles. The van der Waals surface area contributed by atoms with E-state index in [2.05, 4.69) is 78.9 Å². The molecular weight excluding hydrogens is 1140 g/mol. The number of hydrogen-bond donors (Lipinski definition) is 0. The van der Waals surface area contributed by atoms with Crippen LogP contribution in [0.2, 0.25) is 0 Å². The molecule has 434 valence electrons. The van der Waals surface area contributed by atoms with Gasteiger partial charge in [0.05, 0.1) is 67.3 Å². The molecule has 0 saturated carbocycles. The Morgan fingerprint density at radius 2 is 0.587 bits per heavy atom. The number of nitrogens with zero attached hydrogens (tertiary/aromatic N) is 7. The van der Waals surface area contributed by atoms with E-state index in [0.29, 0.717) is 22.4 Å². The minimum Gasteiger partial charge on any atom is -0.309 e. The van der Waals surface area contributed by atoms with Gasteiger partial charge in [-0.3, -0.25) is 19.9 Å². The van der Waals surface area contributed by atoms with Crippen molar-refractivity contribution < 1.29 is 13.2 Å². The van der Waals surface area contributed by atoms with Crippen molar-refractivity contribution in [2.75, 3.05) is 0 Å². The third kappa shape index (κ3) is 9.91. The number of rotatable bonds is 11. The zero-order valence-electron chi connectivity index (χ0n) is 49.1. The van der Waals surface area contributed by atoms with Gasteiger partial charge in [0.1, 0.15) is 6.07 Å². The molecular formula is C82H50F3N7. The lowest BCUT2D eigenvalue weighted by Crippen LogP contribution is -2.09. The summed E-state index contributed by atoms with van der Waals surface area (Å²) in [6.45, 7) is 0. The molecule has 0 spiro atoms. The second-order valence-corrected chi connectivity index (χ2v) is 22.8. The lowest BCUT2D eigenvalue weighted by atomic mass is 9.95. The topological polar surface area (TPSA) is 85.2 Å². The zero-order valence-corrected chi connectivity index (χ0v) is 49.1. The summed E-state index contributed by atoms with van der Waals surface area (Å²) < 4.78 is 52.0. The SMILES string of the molecule is N#Cc1cc(-n2c3cc(-c4ccc(-c5ccccc5)nc4)ccc3c3ccc(-c4ccc(-c5ccccc5)nc4)cc32)c(-c2ccccc2C(F)(F)F)cc1-n1c2cc(-c3ccc(-c4ccccc4)nc3)ccc2c2ccc(-c3ccc(-c4ccccc4)nc3)cc21. The molecule has 16 aromatic rings. The largest absolute Gasteiger partial charge is 0.417 e. The van der Waals surface area contributed by atoms with Crippen LogP contribution in [0.3, 0.4) is 0 Å². The van der Waals surface area contributed by atoms with Gasteiger partial charge in [0.2, 0.25) is 0 Å². The van der Waals surface area contributed by atoms with E-state index in [-0.39, 0.29) is 16.7 Å². The standard InChI is InChI=1S/C82H50F3N7/c83-82(84,85)71-24-14-13-23-65(71)70-46-76(91-77-41-56(60-29-37-72(87-48-60)52-15-5-1-6-16-52)25-33-66(77)67-34-26-57(42-78(67)91)61-30-38-73(88-49-61)53-17-7-2-8-18-53)64(47-86)45-81(70)92-79-43-58(62-31-39-74(89-50-62)54-19-9-3-10-20-54)27-35-68(79)69-36-28-59(44-80(69)92)63-32-40-75(90-51-63)55-21-11-4-12-22-55/h1-46,48-51H. The van der Waals surface area contributed by atoms with Gasteiger partial charge in [-0.1, -0.05) is 212 Å². The maximum Gasteiger partial charge on any atom is 0.417 e. The molecule has 0 saturated heterocycles. The van der Waals surface area contributed by atoms with Gasteiger partial charge in [0.15, 0.2) is 0 Å². The van der Waals surface area contributed by atoms with Gasteiger partial charge in [0.25, 0.3) is 0 Å². The van der Waals surface area contributed by atoms with E-state index >= 15 is 13.2 Å². The summed E-state index contributed by atoms with van der Waals surface area (Å²) in [7, 11) is 0. The summed E-state index contributed by atoms with van der Waals surface area (Å²) in [5.41, 5.74) is 17.4. The highest BCUT2D eigenvalue weighted by molar-refractivity contribution is 6.13. The number of hydrogen-bond acceptors (Lipinski definition) is 5. The van der Waals surface area contributed by atoms with Gasteiger partial charge >= 0.3 is 6.18 Å².